The van der Waals surface area contributed by atoms with Gasteiger partial charge in [-0.15, -0.1) is 0 Å². The van der Waals surface area contributed by atoms with E-state index in [1.165, 1.54) is 6.42 Å². The van der Waals surface area contributed by atoms with Gasteiger partial charge in [0.15, 0.2) is 0 Å². The summed E-state index contributed by atoms with van der Waals surface area (Å²) in [6.45, 7) is 2.86. The fourth-order valence-corrected chi connectivity index (χ4v) is 3.60. The number of hydrogen-bond acceptors (Lipinski definition) is 2. The average molecular weight is 266 g/mol. The lowest BCUT2D eigenvalue weighted by Crippen LogP contribution is -2.34. The van der Waals surface area contributed by atoms with Crippen LogP contribution in [0.15, 0.2) is 42.5 Å². The van der Waals surface area contributed by atoms with Crippen molar-refractivity contribution in [1.29, 1.82) is 0 Å². The fraction of sp³-hybridized carbons (Fsp3) is 0.353. The molecule has 3 nitrogen and oxygen atoms in total. The van der Waals surface area contributed by atoms with Crippen LogP contribution in [0.25, 0.3) is 10.8 Å². The van der Waals surface area contributed by atoms with Crippen LogP contribution in [-0.2, 0) is 0 Å². The van der Waals surface area contributed by atoms with Gasteiger partial charge >= 0.3 is 0 Å². The molecule has 2 aromatic rings. The van der Waals surface area contributed by atoms with E-state index in [2.05, 4.69) is 17.4 Å². The van der Waals surface area contributed by atoms with Crippen LogP contribution in [0.3, 0.4) is 0 Å². The number of likely N-dealkylation sites (tertiary alicyclic amines) is 1. The van der Waals surface area contributed by atoms with Gasteiger partial charge in [-0.25, -0.2) is 0 Å². The number of hydrogen-bond donors (Lipinski definition) is 1. The van der Waals surface area contributed by atoms with Gasteiger partial charge in [-0.05, 0) is 35.7 Å². The summed E-state index contributed by atoms with van der Waals surface area (Å²) in [6.07, 6.45) is 1.20. The van der Waals surface area contributed by atoms with Gasteiger partial charge in [0.25, 0.3) is 5.91 Å². The Morgan fingerprint density at radius 3 is 2.85 bits per heavy atom. The lowest BCUT2D eigenvalue weighted by Gasteiger charge is -2.18. The Hall–Kier alpha value is -1.87. The van der Waals surface area contributed by atoms with Crippen LogP contribution in [0, 0.1) is 5.92 Å². The standard InChI is InChI=1S/C17H18N2O/c20-17(19-10-13-8-9-18-16(13)11-19)15-7-3-5-12-4-1-2-6-14(12)15/h1-7,13,16,18H,8-11H2/t13-,16+/m0/s1. The van der Waals surface area contributed by atoms with E-state index in [1.54, 1.807) is 0 Å². The first kappa shape index (κ1) is 11.9. The van der Waals surface area contributed by atoms with Gasteiger partial charge in [0, 0.05) is 24.7 Å². The number of rotatable bonds is 1. The normalized spacial score (nSPS) is 25.1. The van der Waals surface area contributed by atoms with E-state index in [1.807, 2.05) is 35.2 Å². The lowest BCUT2D eigenvalue weighted by atomic mass is 10.0. The summed E-state index contributed by atoms with van der Waals surface area (Å²) in [5.41, 5.74) is 0.836. The van der Waals surface area contributed by atoms with Crippen molar-refractivity contribution in [3.8, 4) is 0 Å². The highest BCUT2D eigenvalue weighted by atomic mass is 16.2. The van der Waals surface area contributed by atoms with E-state index in [0.717, 1.165) is 36.0 Å². The first-order chi connectivity index (χ1) is 9.83. The van der Waals surface area contributed by atoms with E-state index < -0.39 is 0 Å². The van der Waals surface area contributed by atoms with Crippen molar-refractivity contribution in [3.63, 3.8) is 0 Å². The molecule has 2 aromatic carbocycles. The maximum absolute atomic E-state index is 12.8. The molecule has 0 unspecified atom stereocenters. The summed E-state index contributed by atoms with van der Waals surface area (Å²) < 4.78 is 0. The maximum Gasteiger partial charge on any atom is 0.254 e. The highest BCUT2D eigenvalue weighted by molar-refractivity contribution is 6.07. The van der Waals surface area contributed by atoms with E-state index in [0.29, 0.717) is 12.0 Å². The van der Waals surface area contributed by atoms with Gasteiger partial charge < -0.3 is 10.2 Å². The molecule has 0 aromatic heterocycles. The molecular weight excluding hydrogens is 248 g/mol. The Balaban J connectivity index is 1.68. The number of nitrogens with zero attached hydrogens (tertiary/aromatic N) is 1. The summed E-state index contributed by atoms with van der Waals surface area (Å²) in [7, 11) is 0. The molecule has 2 fully saturated rings. The van der Waals surface area contributed by atoms with Crippen LogP contribution in [0.5, 0.6) is 0 Å². The zero-order valence-electron chi connectivity index (χ0n) is 11.4. The summed E-state index contributed by atoms with van der Waals surface area (Å²) in [5.74, 6) is 0.826. The molecule has 2 atom stereocenters. The van der Waals surface area contributed by atoms with Crippen molar-refractivity contribution < 1.29 is 4.79 Å². The minimum atomic E-state index is 0.179. The van der Waals surface area contributed by atoms with Crippen molar-refractivity contribution in [2.75, 3.05) is 19.6 Å². The topological polar surface area (TPSA) is 32.3 Å². The third-order valence-electron chi connectivity index (χ3n) is 4.67. The highest BCUT2D eigenvalue weighted by Crippen LogP contribution is 2.27. The number of carbonyl (C=O) groups is 1. The van der Waals surface area contributed by atoms with Crippen LogP contribution in [0.1, 0.15) is 16.8 Å². The first-order valence-electron chi connectivity index (χ1n) is 7.33. The summed E-state index contributed by atoms with van der Waals surface area (Å²) >= 11 is 0. The summed E-state index contributed by atoms with van der Waals surface area (Å²) in [4.78, 5) is 14.8. The maximum atomic E-state index is 12.8. The Labute approximate surface area is 118 Å². The first-order valence-corrected chi connectivity index (χ1v) is 7.33. The summed E-state index contributed by atoms with van der Waals surface area (Å²) in [5, 5.41) is 5.69. The molecule has 0 bridgehead atoms. The number of carbonyl (C=O) groups excluding carboxylic acids is 1. The second-order valence-electron chi connectivity index (χ2n) is 5.85. The van der Waals surface area contributed by atoms with E-state index in [9.17, 15) is 4.79 Å². The van der Waals surface area contributed by atoms with Crippen molar-refractivity contribution in [2.45, 2.75) is 12.5 Å². The smallest absolute Gasteiger partial charge is 0.254 e. The fourth-order valence-electron chi connectivity index (χ4n) is 3.60. The molecule has 2 saturated heterocycles. The molecule has 20 heavy (non-hydrogen) atoms. The number of fused-ring (bicyclic) bond motifs is 2. The van der Waals surface area contributed by atoms with Crippen molar-refractivity contribution in [2.24, 2.45) is 5.92 Å². The molecule has 0 saturated carbocycles. The van der Waals surface area contributed by atoms with Crippen LogP contribution in [0.4, 0.5) is 0 Å². The van der Waals surface area contributed by atoms with Crippen LogP contribution < -0.4 is 5.32 Å². The number of amides is 1. The molecule has 102 valence electrons. The van der Waals surface area contributed by atoms with Gasteiger partial charge in [-0.1, -0.05) is 36.4 Å². The van der Waals surface area contributed by atoms with Crippen molar-refractivity contribution in [1.82, 2.24) is 10.2 Å². The SMILES string of the molecule is O=C(c1cccc2ccccc12)N1C[C@@H]2CCN[C@@H]2C1. The highest BCUT2D eigenvalue weighted by Gasteiger charge is 2.38. The van der Waals surface area contributed by atoms with Gasteiger partial charge in [-0.2, -0.15) is 0 Å². The lowest BCUT2D eigenvalue weighted by molar-refractivity contribution is 0.0784. The Bertz CT molecular complexity index is 650. The van der Waals surface area contributed by atoms with Crippen LogP contribution in [-0.4, -0.2) is 36.5 Å². The van der Waals surface area contributed by atoms with Gasteiger partial charge in [0.2, 0.25) is 0 Å². The minimum absolute atomic E-state index is 0.179. The zero-order chi connectivity index (χ0) is 13.5. The van der Waals surface area contributed by atoms with E-state index in [-0.39, 0.29) is 5.91 Å². The molecule has 0 aliphatic carbocycles. The monoisotopic (exact) mass is 266 g/mol. The Kier molecular flexibility index (Phi) is 2.74. The molecule has 2 aliphatic rings. The predicted molar refractivity (Wildman–Crippen MR) is 79.7 cm³/mol. The van der Waals surface area contributed by atoms with Crippen LogP contribution >= 0.6 is 0 Å². The molecule has 0 radical (unpaired) electrons. The number of benzene rings is 2. The molecule has 2 aliphatic heterocycles. The predicted octanol–water partition coefficient (Wildman–Crippen LogP) is 2.27. The second kappa shape index (κ2) is 4.60. The van der Waals surface area contributed by atoms with Crippen molar-refractivity contribution >= 4 is 16.7 Å². The molecule has 1 amide bonds. The van der Waals surface area contributed by atoms with E-state index >= 15 is 0 Å². The molecule has 0 spiro atoms. The number of nitrogens with one attached hydrogen (secondary N) is 1. The third-order valence-corrected chi connectivity index (χ3v) is 4.67. The van der Waals surface area contributed by atoms with Gasteiger partial charge in [0.05, 0.1) is 0 Å². The molecule has 2 heterocycles. The Morgan fingerprint density at radius 1 is 1.10 bits per heavy atom. The Morgan fingerprint density at radius 2 is 1.95 bits per heavy atom. The van der Waals surface area contributed by atoms with Crippen molar-refractivity contribution in [3.05, 3.63) is 48.0 Å². The quantitative estimate of drug-likeness (QED) is 0.859. The molecule has 1 N–H and O–H groups in total. The van der Waals surface area contributed by atoms with Gasteiger partial charge in [0.1, 0.15) is 0 Å². The molecular formula is C17H18N2O. The van der Waals surface area contributed by atoms with Crippen LogP contribution in [0.2, 0.25) is 0 Å². The molecule has 4 rings (SSSR count). The van der Waals surface area contributed by atoms with E-state index in [4.69, 9.17) is 0 Å². The summed E-state index contributed by atoms with van der Waals surface area (Å²) in [6, 6.07) is 14.6. The minimum Gasteiger partial charge on any atom is -0.337 e. The average Bonchev–Trinajstić information content (AvgIpc) is 3.07. The third kappa shape index (κ3) is 1.81. The second-order valence-corrected chi connectivity index (χ2v) is 5.85. The zero-order valence-corrected chi connectivity index (χ0v) is 11.4. The largest absolute Gasteiger partial charge is 0.337 e. The molecule has 3 heteroatoms. The van der Waals surface area contributed by atoms with Gasteiger partial charge in [-0.3, -0.25) is 4.79 Å².